The highest BCUT2D eigenvalue weighted by molar-refractivity contribution is 7.95. The number of benzene rings is 2. The molecule has 11 heteroatoms. The highest BCUT2D eigenvalue weighted by Crippen LogP contribution is 2.32. The molecule has 170 valence electrons. The molecule has 3 rings (SSSR count). The lowest BCUT2D eigenvalue weighted by Gasteiger charge is -2.14. The van der Waals surface area contributed by atoms with E-state index in [0.29, 0.717) is 11.1 Å². The van der Waals surface area contributed by atoms with Crippen molar-refractivity contribution in [1.29, 1.82) is 0 Å². The summed E-state index contributed by atoms with van der Waals surface area (Å²) in [4.78, 5) is 12.2. The van der Waals surface area contributed by atoms with Crippen LogP contribution in [0.15, 0.2) is 57.9 Å². The predicted octanol–water partition coefficient (Wildman–Crippen LogP) is 3.90. The van der Waals surface area contributed by atoms with Crippen LogP contribution in [0, 0.1) is 13.8 Å². The van der Waals surface area contributed by atoms with Gasteiger partial charge in [-0.05, 0) is 42.3 Å². The van der Waals surface area contributed by atoms with Gasteiger partial charge in [-0.15, -0.1) is 4.72 Å². The molecule has 3 aromatic rings. The van der Waals surface area contributed by atoms with Gasteiger partial charge in [0.15, 0.2) is 16.2 Å². The molecule has 2 aromatic carbocycles. The Labute approximate surface area is 183 Å². The molecule has 1 heterocycles. The maximum absolute atomic E-state index is 12.9. The Morgan fingerprint density at radius 1 is 1.09 bits per heavy atom. The smallest absolute Gasteiger partial charge is 0.416 e. The third-order valence-electron chi connectivity index (χ3n) is 4.61. The molecule has 7 nitrogen and oxygen atoms in total. The number of rotatable bonds is 7. The second-order valence-corrected chi connectivity index (χ2v) is 8.67. The number of hydrogen-bond donors (Lipinski definition) is 2. The fourth-order valence-corrected chi connectivity index (χ4v) is 4.44. The second-order valence-electron chi connectivity index (χ2n) is 6.96. The standard InChI is InChI=1S/C21H20F3N3O4S/c1-13-19(14(2)31-27-13)32(29,30)26-11-10-25-20(28)16-8-6-15(7-9-16)17-4-3-5-18(12-17)21(22,23)24/h3-9,12H,10-11H2,1-2H3,(H2-,25,26,28,29,30). The van der Waals surface area contributed by atoms with Crippen molar-refractivity contribution in [2.24, 2.45) is 0 Å². The molecule has 0 aliphatic rings. The van der Waals surface area contributed by atoms with Crippen molar-refractivity contribution in [3.8, 4) is 11.1 Å². The first-order valence-corrected chi connectivity index (χ1v) is 11.0. The summed E-state index contributed by atoms with van der Waals surface area (Å²) in [5.74, 6) is -0.281. The Morgan fingerprint density at radius 3 is 2.38 bits per heavy atom. The molecule has 0 saturated heterocycles. The maximum Gasteiger partial charge on any atom is 0.416 e. The summed E-state index contributed by atoms with van der Waals surface area (Å²) in [6.45, 7) is 2.96. The van der Waals surface area contributed by atoms with Crippen LogP contribution >= 0.6 is 0 Å². The number of amides is 1. The Hall–Kier alpha value is -3.02. The number of carbonyl (C=O) groups is 1. The number of carbonyl (C=O) groups excluding carboxylic acids is 1. The zero-order chi connectivity index (χ0) is 23.5. The van der Waals surface area contributed by atoms with E-state index in [1.165, 1.54) is 32.0 Å². The van der Waals surface area contributed by atoms with Crippen molar-refractivity contribution < 1.29 is 31.3 Å². The first-order chi connectivity index (χ1) is 15.0. The Morgan fingerprint density at radius 2 is 1.78 bits per heavy atom. The van der Waals surface area contributed by atoms with Crippen molar-refractivity contribution in [3.63, 3.8) is 0 Å². The maximum atomic E-state index is 12.9. The number of sulfonamides is 1. The van der Waals surface area contributed by atoms with Gasteiger partial charge in [0.1, 0.15) is 5.69 Å². The van der Waals surface area contributed by atoms with Crippen LogP contribution in [-0.4, -0.2) is 28.7 Å². The van der Waals surface area contributed by atoms with Gasteiger partial charge < -0.3 is 14.4 Å². The van der Waals surface area contributed by atoms with E-state index < -0.39 is 28.0 Å². The topological polar surface area (TPSA) is 107 Å². The molecule has 1 amide bonds. The third-order valence-corrected chi connectivity index (χ3v) is 6.31. The van der Waals surface area contributed by atoms with Gasteiger partial charge in [-0.2, -0.15) is 13.2 Å². The molecule has 1 atom stereocenters. The first-order valence-electron chi connectivity index (χ1n) is 9.47. The van der Waals surface area contributed by atoms with Gasteiger partial charge in [0.25, 0.3) is 5.91 Å². The van der Waals surface area contributed by atoms with Crippen molar-refractivity contribution in [2.45, 2.75) is 24.9 Å². The van der Waals surface area contributed by atoms with Crippen LogP contribution in [0.2, 0.25) is 0 Å². The largest absolute Gasteiger partial charge is 0.593 e. The number of aryl methyl sites for hydroxylation is 2. The van der Waals surface area contributed by atoms with Crippen LogP contribution < -0.4 is 10.0 Å². The molecule has 1 aromatic heterocycles. The number of hydrogen-bond acceptors (Lipinski definition) is 5. The van der Waals surface area contributed by atoms with Crippen molar-refractivity contribution in [3.05, 3.63) is 71.1 Å². The number of nitrogens with one attached hydrogen (secondary N) is 2. The van der Waals surface area contributed by atoms with Gasteiger partial charge in [-0.1, -0.05) is 33.6 Å². The van der Waals surface area contributed by atoms with E-state index in [1.54, 1.807) is 18.2 Å². The SMILES string of the molecule is Cc1noc(C)c1[S+](=O)([O-])NCCNC(=O)c1ccc(-c2cccc(C(F)(F)F)c2)cc1. The summed E-state index contributed by atoms with van der Waals surface area (Å²) in [7, 11) is -3.83. The second kappa shape index (κ2) is 9.23. The lowest BCUT2D eigenvalue weighted by molar-refractivity contribution is -0.137. The van der Waals surface area contributed by atoms with E-state index in [1.807, 2.05) is 0 Å². The lowest BCUT2D eigenvalue weighted by atomic mass is 10.0. The average molecular weight is 467 g/mol. The fourth-order valence-electron chi connectivity index (χ4n) is 3.08. The first kappa shape index (κ1) is 23.6. The van der Waals surface area contributed by atoms with Crippen LogP contribution in [0.4, 0.5) is 13.2 Å². The molecule has 2 N–H and O–H groups in total. The van der Waals surface area contributed by atoms with E-state index in [0.717, 1.165) is 12.1 Å². The molecule has 0 aliphatic carbocycles. The van der Waals surface area contributed by atoms with E-state index >= 15 is 0 Å². The zero-order valence-electron chi connectivity index (χ0n) is 17.2. The Bertz CT molecular complexity index is 1140. The summed E-state index contributed by atoms with van der Waals surface area (Å²) >= 11 is 0. The van der Waals surface area contributed by atoms with E-state index in [2.05, 4.69) is 15.2 Å². The van der Waals surface area contributed by atoms with E-state index in [4.69, 9.17) is 4.52 Å². The summed E-state index contributed by atoms with van der Waals surface area (Å²) < 4.78 is 70.5. The summed E-state index contributed by atoms with van der Waals surface area (Å²) in [5.41, 5.74) is 0.672. The molecular formula is C21H20F3N3O4S. The highest BCUT2D eigenvalue weighted by atomic mass is 32.3. The average Bonchev–Trinajstić information content (AvgIpc) is 3.09. The van der Waals surface area contributed by atoms with Crippen molar-refractivity contribution >= 4 is 16.3 Å². The van der Waals surface area contributed by atoms with Crippen molar-refractivity contribution in [1.82, 2.24) is 15.2 Å². The van der Waals surface area contributed by atoms with Gasteiger partial charge in [0, 0.05) is 19.0 Å². The molecule has 32 heavy (non-hydrogen) atoms. The number of nitrogens with zero attached hydrogens (tertiary/aromatic N) is 1. The van der Waals surface area contributed by atoms with Gasteiger partial charge in [0.2, 0.25) is 4.90 Å². The van der Waals surface area contributed by atoms with Crippen LogP contribution in [0.25, 0.3) is 11.1 Å². The monoisotopic (exact) mass is 467 g/mol. The molecule has 0 saturated carbocycles. The van der Waals surface area contributed by atoms with Gasteiger partial charge in [-0.25, -0.2) is 0 Å². The predicted molar refractivity (Wildman–Crippen MR) is 110 cm³/mol. The fraction of sp³-hybridized carbons (Fsp3) is 0.238. The third kappa shape index (κ3) is 5.42. The van der Waals surface area contributed by atoms with Crippen LogP contribution in [0.1, 0.15) is 27.4 Å². The summed E-state index contributed by atoms with van der Waals surface area (Å²) in [5, 5.41) is 6.19. The van der Waals surface area contributed by atoms with Gasteiger partial charge >= 0.3 is 6.18 Å². The number of alkyl halides is 3. The lowest BCUT2D eigenvalue weighted by Crippen LogP contribution is -2.38. The van der Waals surface area contributed by atoms with Gasteiger partial charge in [0.05, 0.1) is 12.1 Å². The van der Waals surface area contributed by atoms with Crippen molar-refractivity contribution in [2.75, 3.05) is 13.1 Å². The van der Waals surface area contributed by atoms with Gasteiger partial charge in [-0.3, -0.25) is 4.79 Å². The molecule has 0 aliphatic heterocycles. The molecule has 0 spiro atoms. The van der Waals surface area contributed by atoms with E-state index in [9.17, 15) is 26.7 Å². The molecule has 0 radical (unpaired) electrons. The highest BCUT2D eigenvalue weighted by Gasteiger charge is 2.31. The summed E-state index contributed by atoms with van der Waals surface area (Å²) in [6.07, 6.45) is -4.44. The molecule has 1 unspecified atom stereocenters. The Kier molecular flexibility index (Phi) is 6.82. The van der Waals surface area contributed by atoms with Crippen LogP contribution in [0.3, 0.4) is 0 Å². The minimum atomic E-state index is -4.44. The minimum absolute atomic E-state index is 0.0246. The minimum Gasteiger partial charge on any atom is -0.593 e. The summed E-state index contributed by atoms with van der Waals surface area (Å²) in [6, 6.07) is 11.0. The normalized spacial score (nSPS) is 13.6. The van der Waals surface area contributed by atoms with Crippen LogP contribution in [0.5, 0.6) is 0 Å². The Balaban J connectivity index is 1.57. The zero-order valence-corrected chi connectivity index (χ0v) is 18.0. The number of halogens is 3. The molecule has 0 bridgehead atoms. The molecule has 0 fully saturated rings. The van der Waals surface area contributed by atoms with E-state index in [-0.39, 0.29) is 35.0 Å². The number of aromatic nitrogens is 1. The molecular weight excluding hydrogens is 447 g/mol. The van der Waals surface area contributed by atoms with Crippen LogP contribution in [-0.2, 0) is 20.8 Å². The quantitative estimate of drug-likeness (QED) is 0.405.